The lowest BCUT2D eigenvalue weighted by Gasteiger charge is -2.07. The van der Waals surface area contributed by atoms with Gasteiger partial charge in [0, 0.05) is 6.08 Å². The van der Waals surface area contributed by atoms with Crippen molar-refractivity contribution in [1.29, 1.82) is 0 Å². The third kappa shape index (κ3) is 3.68. The Kier molecular flexibility index (Phi) is 4.15. The van der Waals surface area contributed by atoms with Crippen molar-refractivity contribution in [3.8, 4) is 11.5 Å². The van der Waals surface area contributed by atoms with Crippen LogP contribution in [0.4, 0.5) is 4.39 Å². The van der Waals surface area contributed by atoms with Crippen LogP contribution < -0.4 is 4.74 Å². The molecule has 0 atom stereocenters. The lowest BCUT2D eigenvalue weighted by atomic mass is 10.2. The Morgan fingerprint density at radius 1 is 1.15 bits per heavy atom. The van der Waals surface area contributed by atoms with Gasteiger partial charge in [-0.05, 0) is 54.5 Å². The minimum Gasteiger partial charge on any atom is -0.478 e. The number of carboxylic acids is 1. The van der Waals surface area contributed by atoms with E-state index < -0.39 is 5.97 Å². The zero-order valence-electron chi connectivity index (χ0n) is 10.8. The van der Waals surface area contributed by atoms with Crippen molar-refractivity contribution >= 4 is 12.0 Å². The largest absolute Gasteiger partial charge is 0.478 e. The molecule has 2 aromatic rings. The standard InChI is InChI=1S/C16H13FO3/c1-11-10-14(7-8-15(11)17)20-13-5-2-12(3-6-13)4-9-16(18)19/h2-10H,1H3,(H,18,19)/b9-4+. The third-order valence-electron chi connectivity index (χ3n) is 2.66. The van der Waals surface area contributed by atoms with Gasteiger partial charge in [0.1, 0.15) is 17.3 Å². The van der Waals surface area contributed by atoms with Gasteiger partial charge < -0.3 is 9.84 Å². The van der Waals surface area contributed by atoms with E-state index >= 15 is 0 Å². The lowest BCUT2D eigenvalue weighted by Crippen LogP contribution is -1.88. The summed E-state index contributed by atoms with van der Waals surface area (Å²) < 4.78 is 18.7. The van der Waals surface area contributed by atoms with Gasteiger partial charge in [-0.2, -0.15) is 0 Å². The molecule has 1 N–H and O–H groups in total. The number of aliphatic carboxylic acids is 1. The van der Waals surface area contributed by atoms with Crippen molar-refractivity contribution in [3.63, 3.8) is 0 Å². The van der Waals surface area contributed by atoms with E-state index in [2.05, 4.69) is 0 Å². The number of hydrogen-bond donors (Lipinski definition) is 1. The number of ether oxygens (including phenoxy) is 1. The average Bonchev–Trinajstić information content (AvgIpc) is 2.42. The highest BCUT2D eigenvalue weighted by atomic mass is 19.1. The van der Waals surface area contributed by atoms with Gasteiger partial charge in [0.15, 0.2) is 0 Å². The van der Waals surface area contributed by atoms with Gasteiger partial charge in [-0.15, -0.1) is 0 Å². The Morgan fingerprint density at radius 2 is 1.80 bits per heavy atom. The molecule has 0 aliphatic heterocycles. The molecule has 0 bridgehead atoms. The molecule has 20 heavy (non-hydrogen) atoms. The molecule has 0 aliphatic carbocycles. The molecular weight excluding hydrogens is 259 g/mol. The maximum absolute atomic E-state index is 13.1. The Labute approximate surface area is 115 Å². The van der Waals surface area contributed by atoms with E-state index in [1.807, 2.05) is 0 Å². The lowest BCUT2D eigenvalue weighted by molar-refractivity contribution is -0.131. The molecule has 2 aromatic carbocycles. The Bertz CT molecular complexity index is 645. The quantitative estimate of drug-likeness (QED) is 0.855. The van der Waals surface area contributed by atoms with Crippen molar-refractivity contribution < 1.29 is 19.0 Å². The highest BCUT2D eigenvalue weighted by molar-refractivity contribution is 5.85. The summed E-state index contributed by atoms with van der Waals surface area (Å²) in [6, 6.07) is 11.5. The smallest absolute Gasteiger partial charge is 0.328 e. The van der Waals surface area contributed by atoms with Crippen molar-refractivity contribution in [2.45, 2.75) is 6.92 Å². The van der Waals surface area contributed by atoms with Crippen LogP contribution in [0.15, 0.2) is 48.5 Å². The number of benzene rings is 2. The normalized spacial score (nSPS) is 10.7. The molecular formula is C16H13FO3. The zero-order valence-corrected chi connectivity index (χ0v) is 10.8. The second-order valence-electron chi connectivity index (χ2n) is 4.25. The van der Waals surface area contributed by atoms with E-state index in [-0.39, 0.29) is 5.82 Å². The van der Waals surface area contributed by atoms with E-state index in [1.54, 1.807) is 43.3 Å². The number of carboxylic acid groups (broad SMARTS) is 1. The first-order valence-corrected chi connectivity index (χ1v) is 6.00. The Hall–Kier alpha value is -2.62. The molecule has 0 heterocycles. The zero-order chi connectivity index (χ0) is 14.5. The van der Waals surface area contributed by atoms with Gasteiger partial charge in [0.2, 0.25) is 0 Å². The van der Waals surface area contributed by atoms with Gasteiger partial charge in [0.25, 0.3) is 0 Å². The van der Waals surface area contributed by atoms with Crippen molar-refractivity contribution in [3.05, 3.63) is 65.5 Å². The average molecular weight is 272 g/mol. The van der Waals surface area contributed by atoms with Crippen LogP contribution in [0.1, 0.15) is 11.1 Å². The van der Waals surface area contributed by atoms with E-state index in [4.69, 9.17) is 9.84 Å². The first-order valence-electron chi connectivity index (χ1n) is 6.00. The van der Waals surface area contributed by atoms with Gasteiger partial charge in [-0.3, -0.25) is 0 Å². The summed E-state index contributed by atoms with van der Waals surface area (Å²) in [5.41, 5.74) is 1.28. The second kappa shape index (κ2) is 6.02. The van der Waals surface area contributed by atoms with Crippen LogP contribution in [0.2, 0.25) is 0 Å². The molecule has 0 aliphatic rings. The maximum Gasteiger partial charge on any atom is 0.328 e. The Balaban J connectivity index is 2.10. The molecule has 0 radical (unpaired) electrons. The summed E-state index contributed by atoms with van der Waals surface area (Å²) in [6.07, 6.45) is 2.56. The number of rotatable bonds is 4. The topological polar surface area (TPSA) is 46.5 Å². The maximum atomic E-state index is 13.1. The van der Waals surface area contributed by atoms with E-state index in [0.717, 1.165) is 11.6 Å². The third-order valence-corrected chi connectivity index (χ3v) is 2.66. The first-order chi connectivity index (χ1) is 9.54. The van der Waals surface area contributed by atoms with E-state index in [0.29, 0.717) is 17.1 Å². The Morgan fingerprint density at radius 3 is 2.40 bits per heavy atom. The van der Waals surface area contributed by atoms with Gasteiger partial charge in [-0.25, -0.2) is 9.18 Å². The van der Waals surface area contributed by atoms with E-state index in [9.17, 15) is 9.18 Å². The van der Waals surface area contributed by atoms with Gasteiger partial charge in [0.05, 0.1) is 0 Å². The van der Waals surface area contributed by atoms with Crippen LogP contribution in [-0.4, -0.2) is 11.1 Å². The minimum absolute atomic E-state index is 0.272. The molecule has 4 heteroatoms. The number of carbonyl (C=O) groups is 1. The van der Waals surface area contributed by atoms with Crippen molar-refractivity contribution in [2.75, 3.05) is 0 Å². The van der Waals surface area contributed by atoms with Crippen LogP contribution in [0, 0.1) is 12.7 Å². The van der Waals surface area contributed by atoms with Gasteiger partial charge >= 0.3 is 5.97 Å². The number of halogens is 1. The summed E-state index contributed by atoms with van der Waals surface area (Å²) in [7, 11) is 0. The highest BCUT2D eigenvalue weighted by Crippen LogP contribution is 2.23. The molecule has 0 unspecified atom stereocenters. The molecule has 0 saturated carbocycles. The van der Waals surface area contributed by atoms with Crippen molar-refractivity contribution in [2.24, 2.45) is 0 Å². The number of hydrogen-bond acceptors (Lipinski definition) is 2. The van der Waals surface area contributed by atoms with Crippen LogP contribution in [0.25, 0.3) is 6.08 Å². The van der Waals surface area contributed by atoms with Gasteiger partial charge in [-0.1, -0.05) is 12.1 Å². The highest BCUT2D eigenvalue weighted by Gasteiger charge is 2.01. The van der Waals surface area contributed by atoms with Crippen LogP contribution in [0.5, 0.6) is 11.5 Å². The predicted octanol–water partition coefficient (Wildman–Crippen LogP) is 4.02. The fraction of sp³-hybridized carbons (Fsp3) is 0.0625. The monoisotopic (exact) mass is 272 g/mol. The fourth-order valence-electron chi connectivity index (χ4n) is 1.63. The summed E-state index contributed by atoms with van der Waals surface area (Å²) in [4.78, 5) is 10.4. The summed E-state index contributed by atoms with van der Waals surface area (Å²) in [5.74, 6) is -0.111. The number of aryl methyl sites for hydroxylation is 1. The van der Waals surface area contributed by atoms with Crippen LogP contribution in [0.3, 0.4) is 0 Å². The summed E-state index contributed by atoms with van der Waals surface area (Å²) in [6.45, 7) is 1.67. The minimum atomic E-state index is -0.993. The summed E-state index contributed by atoms with van der Waals surface area (Å²) >= 11 is 0. The van der Waals surface area contributed by atoms with Crippen LogP contribution >= 0.6 is 0 Å². The summed E-state index contributed by atoms with van der Waals surface area (Å²) in [5, 5.41) is 8.53. The SMILES string of the molecule is Cc1cc(Oc2ccc(/C=C/C(=O)O)cc2)ccc1F. The fourth-order valence-corrected chi connectivity index (χ4v) is 1.63. The molecule has 0 saturated heterocycles. The molecule has 2 rings (SSSR count). The molecule has 3 nitrogen and oxygen atoms in total. The first kappa shape index (κ1) is 13.8. The van der Waals surface area contributed by atoms with E-state index in [1.165, 1.54) is 12.1 Å². The molecule has 0 spiro atoms. The molecule has 0 amide bonds. The molecule has 0 fully saturated rings. The second-order valence-corrected chi connectivity index (χ2v) is 4.25. The van der Waals surface area contributed by atoms with Crippen molar-refractivity contribution in [1.82, 2.24) is 0 Å². The molecule has 0 aromatic heterocycles. The van der Waals surface area contributed by atoms with Crippen LogP contribution in [-0.2, 0) is 4.79 Å². The predicted molar refractivity (Wildman–Crippen MR) is 74.3 cm³/mol. The molecule has 102 valence electrons.